The van der Waals surface area contributed by atoms with Gasteiger partial charge >= 0.3 is 5.97 Å². The lowest BCUT2D eigenvalue weighted by Gasteiger charge is -2.29. The van der Waals surface area contributed by atoms with E-state index in [-0.39, 0.29) is 55.4 Å². The van der Waals surface area contributed by atoms with Crippen molar-refractivity contribution >= 4 is 44.4 Å². The molecule has 4 heterocycles. The lowest BCUT2D eigenvalue weighted by molar-refractivity contribution is -0.152. The number of aromatic nitrogens is 1. The van der Waals surface area contributed by atoms with Crippen molar-refractivity contribution < 1.29 is 41.8 Å². The molecule has 5 bridgehead atoms. The molecular weight excluding hydrogens is 723 g/mol. The summed E-state index contributed by atoms with van der Waals surface area (Å²) in [5, 5.41) is 1.13. The third-order valence-electron chi connectivity index (χ3n) is 12.7. The Bertz CT molecular complexity index is 1910. The number of hydrogen-bond acceptors (Lipinski definition) is 10. The smallest absolute Gasteiger partial charge is 0.306 e. The molecule has 0 unspecified atom stereocenters. The molecule has 300 valence electrons. The van der Waals surface area contributed by atoms with Crippen molar-refractivity contribution in [2.75, 3.05) is 20.3 Å². The van der Waals surface area contributed by atoms with Crippen molar-refractivity contribution in [3.63, 3.8) is 0 Å². The van der Waals surface area contributed by atoms with Crippen LogP contribution in [0.5, 0.6) is 11.6 Å². The molecule has 13 heteroatoms. The lowest BCUT2D eigenvalue weighted by Crippen LogP contribution is -2.46. The number of sulfonamides is 1. The number of esters is 1. The first-order valence-electron chi connectivity index (χ1n) is 20.5. The Hall–Kier alpha value is -3.74. The van der Waals surface area contributed by atoms with Crippen molar-refractivity contribution in [3.8, 4) is 11.6 Å². The maximum Gasteiger partial charge on any atom is 0.306 e. The Morgan fingerprint density at radius 1 is 1.00 bits per heavy atom. The third-order valence-corrected chi connectivity index (χ3v) is 14.6. The van der Waals surface area contributed by atoms with Gasteiger partial charge in [0.25, 0.3) is 0 Å². The zero-order valence-electron chi connectivity index (χ0n) is 32.6. The van der Waals surface area contributed by atoms with Crippen LogP contribution in [0.1, 0.15) is 122 Å². The fourth-order valence-corrected chi connectivity index (χ4v) is 10.5. The number of fused-ring (bicyclic) bond motifs is 4. The second kappa shape index (κ2) is 16.0. The summed E-state index contributed by atoms with van der Waals surface area (Å²) in [5.74, 6) is -1.24. The first-order chi connectivity index (χ1) is 26.3. The molecule has 1 aromatic carbocycles. The van der Waals surface area contributed by atoms with E-state index >= 15 is 0 Å². The highest BCUT2D eigenvalue weighted by Crippen LogP contribution is 2.59. The van der Waals surface area contributed by atoms with Gasteiger partial charge in [-0.25, -0.2) is 13.4 Å². The van der Waals surface area contributed by atoms with Gasteiger partial charge in [0.2, 0.25) is 27.7 Å². The predicted octanol–water partition coefficient (Wildman–Crippen LogP) is 6.21. The average Bonchev–Trinajstić information content (AvgIpc) is 4.07. The van der Waals surface area contributed by atoms with Crippen LogP contribution in [0.15, 0.2) is 24.4 Å². The van der Waals surface area contributed by atoms with E-state index in [1.807, 2.05) is 12.1 Å². The van der Waals surface area contributed by atoms with E-state index in [1.165, 1.54) is 0 Å². The topological polar surface area (TPSA) is 158 Å². The largest absolute Gasteiger partial charge is 0.496 e. The Morgan fingerprint density at radius 2 is 1.76 bits per heavy atom. The van der Waals surface area contributed by atoms with Gasteiger partial charge in [-0.3, -0.25) is 23.9 Å². The van der Waals surface area contributed by atoms with Gasteiger partial charge in [0.15, 0.2) is 5.78 Å². The molecule has 4 fully saturated rings. The number of cyclic esters (lactones) is 1. The van der Waals surface area contributed by atoms with E-state index in [4.69, 9.17) is 14.2 Å². The van der Waals surface area contributed by atoms with Crippen LogP contribution >= 0.6 is 0 Å². The van der Waals surface area contributed by atoms with Crippen LogP contribution in [-0.2, 0) is 40.4 Å². The number of benzene rings is 1. The van der Waals surface area contributed by atoms with Gasteiger partial charge in [-0.15, -0.1) is 0 Å². The summed E-state index contributed by atoms with van der Waals surface area (Å²) in [6.45, 7) is 4.52. The Morgan fingerprint density at radius 3 is 2.53 bits per heavy atom. The van der Waals surface area contributed by atoms with Crippen LogP contribution in [0.3, 0.4) is 0 Å². The first kappa shape index (κ1) is 39.5. The Labute approximate surface area is 324 Å². The van der Waals surface area contributed by atoms with Gasteiger partial charge in [-0.2, -0.15) is 0 Å². The highest BCUT2D eigenvalue weighted by Gasteiger charge is 2.62. The third kappa shape index (κ3) is 8.97. The van der Waals surface area contributed by atoms with Crippen molar-refractivity contribution in [1.82, 2.24) is 14.6 Å². The fourth-order valence-electron chi connectivity index (χ4n) is 9.13. The summed E-state index contributed by atoms with van der Waals surface area (Å²) < 4.78 is 46.4. The van der Waals surface area contributed by atoms with Crippen LogP contribution in [0.25, 0.3) is 10.8 Å². The van der Waals surface area contributed by atoms with Gasteiger partial charge in [-0.05, 0) is 91.8 Å². The molecule has 1 aromatic heterocycles. The fraction of sp³-hybridized carbons (Fsp3) is 0.690. The quantitative estimate of drug-likeness (QED) is 0.354. The van der Waals surface area contributed by atoms with Crippen LogP contribution in [-0.4, -0.2) is 79.5 Å². The number of carbonyl (C=O) groups excluding carboxylic acids is 4. The maximum absolute atomic E-state index is 14.7. The van der Waals surface area contributed by atoms with E-state index < -0.39 is 50.6 Å². The molecule has 3 aliphatic heterocycles. The van der Waals surface area contributed by atoms with Crippen LogP contribution in [0.4, 0.5) is 0 Å². The van der Waals surface area contributed by atoms with Gasteiger partial charge in [0, 0.05) is 30.3 Å². The predicted molar refractivity (Wildman–Crippen MR) is 206 cm³/mol. The van der Waals surface area contributed by atoms with Gasteiger partial charge in [0.1, 0.15) is 11.9 Å². The van der Waals surface area contributed by atoms with E-state index in [0.717, 1.165) is 86.3 Å². The number of ether oxygens (including phenoxy) is 3. The number of nitrogens with one attached hydrogen (secondary N) is 1. The zero-order chi connectivity index (χ0) is 39.0. The molecule has 7 rings (SSSR count). The van der Waals surface area contributed by atoms with Crippen LogP contribution in [0.2, 0.25) is 0 Å². The summed E-state index contributed by atoms with van der Waals surface area (Å²) in [4.78, 5) is 62.7. The maximum atomic E-state index is 14.7. The zero-order valence-corrected chi connectivity index (χ0v) is 33.4. The highest BCUT2D eigenvalue weighted by atomic mass is 32.2. The molecule has 2 aromatic rings. The minimum absolute atomic E-state index is 0.0855. The molecule has 2 aliphatic carbocycles. The molecule has 2 amide bonds. The molecule has 5 aliphatic rings. The molecule has 55 heavy (non-hydrogen) atoms. The van der Waals surface area contributed by atoms with Crippen LogP contribution in [0, 0.1) is 22.7 Å². The molecular formula is C42H57N3O9S. The molecule has 5 atom stereocenters. The van der Waals surface area contributed by atoms with Crippen LogP contribution < -0.4 is 14.2 Å². The van der Waals surface area contributed by atoms with Crippen molar-refractivity contribution in [3.05, 3.63) is 30.0 Å². The number of amides is 2. The normalized spacial score (nSPS) is 29.8. The molecule has 12 nitrogen and oxygen atoms in total. The van der Waals surface area contributed by atoms with E-state index in [9.17, 15) is 27.6 Å². The number of Topliss-reactive ketones (excluding diaryl/α,β-unsaturated/α-hetero) is 1. The molecule has 1 N–H and O–H groups in total. The summed E-state index contributed by atoms with van der Waals surface area (Å²) in [6, 6.07) is 5.03. The summed E-state index contributed by atoms with van der Waals surface area (Å²) in [5.41, 5.74) is -0.377. The van der Waals surface area contributed by atoms with Crippen molar-refractivity contribution in [1.29, 1.82) is 0 Å². The minimum atomic E-state index is -3.81. The number of ketones is 1. The number of aryl methyl sites for hydroxylation is 1. The number of nitrogens with zero attached hydrogens (tertiary/aromatic N) is 2. The van der Waals surface area contributed by atoms with Gasteiger partial charge in [0.05, 0.1) is 43.4 Å². The summed E-state index contributed by atoms with van der Waals surface area (Å²) in [6.07, 6.45) is 11.5. The molecule has 2 saturated carbocycles. The number of carbonyl (C=O) groups is 4. The first-order valence-corrected chi connectivity index (χ1v) is 22.0. The molecule has 0 radical (unpaired) electrons. The standard InChI is InChI=1S/C42H57N3O9S/c1-41(2)17-10-9-11-28-19-33-27(20-36(28)52-3)16-18-43-38(33)54-31-22-34-35(46)24-42(40(49)44-55(50,51)32-14-15-32)23-30(42)13-8-6-4-5-7-12-29(21-37(47)53-26-41)39(48)45(34)25-31/h16,18-20,29-32,34H,4-15,17,21-26H2,1-3H3,(H,44,49)/t29-,30+,31-,34+,42-/m1/s1. The second-order valence-electron chi connectivity index (χ2n) is 17.6. The molecule has 2 saturated heterocycles. The summed E-state index contributed by atoms with van der Waals surface area (Å²) in [7, 11) is -2.15. The minimum Gasteiger partial charge on any atom is -0.496 e. The summed E-state index contributed by atoms with van der Waals surface area (Å²) >= 11 is 0. The number of pyridine rings is 1. The van der Waals surface area contributed by atoms with Crippen molar-refractivity contribution in [2.24, 2.45) is 22.7 Å². The number of rotatable bonds is 4. The number of methoxy groups -OCH3 is 1. The highest BCUT2D eigenvalue weighted by molar-refractivity contribution is 7.90. The van der Waals surface area contributed by atoms with Crippen molar-refractivity contribution in [2.45, 2.75) is 140 Å². The van der Waals surface area contributed by atoms with E-state index in [0.29, 0.717) is 31.6 Å². The van der Waals surface area contributed by atoms with Gasteiger partial charge in [-0.1, -0.05) is 52.4 Å². The Kier molecular flexibility index (Phi) is 11.5. The SMILES string of the molecule is COc1cc2ccnc3c2cc1CCCCC(C)(C)COC(=O)C[C@H]1CCCCCCC[C@H]2C[C@@]2(C(=O)NS(=O)(=O)C2CC2)CC(=O)[C@@H]2C[C@H](CN2C1=O)O3. The van der Waals surface area contributed by atoms with E-state index in [2.05, 4.69) is 29.6 Å². The Balaban J connectivity index is 1.23. The lowest BCUT2D eigenvalue weighted by atomic mass is 9.87. The number of hydrogen-bond donors (Lipinski definition) is 1. The molecule has 0 spiro atoms. The second-order valence-corrected chi connectivity index (χ2v) is 19.6. The van der Waals surface area contributed by atoms with E-state index in [1.54, 1.807) is 18.2 Å². The monoisotopic (exact) mass is 779 g/mol. The average molecular weight is 780 g/mol. The van der Waals surface area contributed by atoms with Gasteiger partial charge < -0.3 is 19.1 Å².